The van der Waals surface area contributed by atoms with Crippen LogP contribution in [0.5, 0.6) is 5.75 Å². The molecule has 1 N–H and O–H groups in total. The fraction of sp³-hybridized carbons (Fsp3) is 0.167. The summed E-state index contributed by atoms with van der Waals surface area (Å²) in [4.78, 5) is 11.1. The molecule has 0 fully saturated rings. The first-order valence-corrected chi connectivity index (χ1v) is 8.10. The number of hydrogen-bond acceptors (Lipinski definition) is 4. The molecule has 6 heteroatoms. The molecule has 0 aromatic heterocycles. The standard InChI is InChI=1S/C18H15BrFNO3/c1-23-18(22)6-5-11-8-17-15(9-14(11)20)21-16(10-24-17)12-3-2-4-13(19)7-12/h2-9,16,21H,10H2,1H3/b6-5+. The molecule has 1 unspecified atom stereocenters. The van der Waals surface area contributed by atoms with Gasteiger partial charge in [-0.1, -0.05) is 28.1 Å². The average molecular weight is 392 g/mol. The number of benzene rings is 2. The summed E-state index contributed by atoms with van der Waals surface area (Å²) in [6, 6.07) is 10.7. The maximum atomic E-state index is 14.2. The lowest BCUT2D eigenvalue weighted by Gasteiger charge is -2.28. The molecule has 1 atom stereocenters. The van der Waals surface area contributed by atoms with Crippen molar-refractivity contribution in [1.29, 1.82) is 0 Å². The molecule has 124 valence electrons. The van der Waals surface area contributed by atoms with Gasteiger partial charge in [-0.2, -0.15) is 0 Å². The first kappa shape index (κ1) is 16.5. The van der Waals surface area contributed by atoms with Crippen LogP contribution in [0.15, 0.2) is 46.9 Å². The van der Waals surface area contributed by atoms with Gasteiger partial charge in [-0.15, -0.1) is 0 Å². The number of rotatable bonds is 3. The van der Waals surface area contributed by atoms with Gasteiger partial charge in [0.1, 0.15) is 18.2 Å². The van der Waals surface area contributed by atoms with Crippen molar-refractivity contribution in [2.75, 3.05) is 19.0 Å². The summed E-state index contributed by atoms with van der Waals surface area (Å²) in [5, 5.41) is 3.28. The van der Waals surface area contributed by atoms with Crippen LogP contribution in [0.3, 0.4) is 0 Å². The van der Waals surface area contributed by atoms with Crippen molar-refractivity contribution < 1.29 is 18.7 Å². The molecular weight excluding hydrogens is 377 g/mol. The Kier molecular flexibility index (Phi) is 4.85. The molecule has 4 nitrogen and oxygen atoms in total. The van der Waals surface area contributed by atoms with E-state index in [0.717, 1.165) is 10.0 Å². The fourth-order valence-corrected chi connectivity index (χ4v) is 2.88. The topological polar surface area (TPSA) is 47.6 Å². The summed E-state index contributed by atoms with van der Waals surface area (Å²) in [5.41, 5.74) is 1.89. The number of anilines is 1. The fourth-order valence-electron chi connectivity index (χ4n) is 2.46. The predicted molar refractivity (Wildman–Crippen MR) is 93.5 cm³/mol. The van der Waals surface area contributed by atoms with E-state index in [1.807, 2.05) is 24.3 Å². The van der Waals surface area contributed by atoms with Crippen LogP contribution < -0.4 is 10.1 Å². The average Bonchev–Trinajstić information content (AvgIpc) is 2.59. The maximum absolute atomic E-state index is 14.2. The zero-order valence-corrected chi connectivity index (χ0v) is 14.5. The number of ether oxygens (including phenoxy) is 2. The summed E-state index contributed by atoms with van der Waals surface area (Å²) in [7, 11) is 1.27. The summed E-state index contributed by atoms with van der Waals surface area (Å²) >= 11 is 3.44. The molecule has 0 radical (unpaired) electrons. The molecule has 0 bridgehead atoms. The van der Waals surface area contributed by atoms with Crippen LogP contribution in [0, 0.1) is 5.82 Å². The van der Waals surface area contributed by atoms with Gasteiger partial charge in [0.25, 0.3) is 0 Å². The Labute approximate surface area is 147 Å². The maximum Gasteiger partial charge on any atom is 0.330 e. The third kappa shape index (κ3) is 3.59. The van der Waals surface area contributed by atoms with Gasteiger partial charge in [0.05, 0.1) is 18.8 Å². The zero-order chi connectivity index (χ0) is 17.1. The van der Waals surface area contributed by atoms with Crippen LogP contribution in [-0.2, 0) is 9.53 Å². The molecule has 2 aromatic rings. The zero-order valence-electron chi connectivity index (χ0n) is 12.9. The Morgan fingerprint density at radius 2 is 2.25 bits per heavy atom. The molecule has 3 rings (SSSR count). The number of hydrogen-bond donors (Lipinski definition) is 1. The smallest absolute Gasteiger partial charge is 0.330 e. The van der Waals surface area contributed by atoms with Crippen molar-refractivity contribution >= 4 is 33.7 Å². The Hall–Kier alpha value is -2.34. The Bertz CT molecular complexity index is 807. The summed E-state index contributed by atoms with van der Waals surface area (Å²) in [6.07, 6.45) is 2.54. The van der Waals surface area contributed by atoms with Gasteiger partial charge in [-0.05, 0) is 29.8 Å². The van der Waals surface area contributed by atoms with Crippen molar-refractivity contribution in [2.45, 2.75) is 6.04 Å². The van der Waals surface area contributed by atoms with Crippen LogP contribution in [0.25, 0.3) is 6.08 Å². The van der Waals surface area contributed by atoms with Crippen molar-refractivity contribution in [1.82, 2.24) is 0 Å². The SMILES string of the molecule is COC(=O)/C=C/c1cc2c(cc1F)NC(c1cccc(Br)c1)CO2. The normalized spacial score (nSPS) is 16.2. The van der Waals surface area contributed by atoms with Gasteiger partial charge in [-0.25, -0.2) is 9.18 Å². The third-order valence-corrected chi connectivity index (χ3v) is 4.18. The number of carbonyl (C=O) groups excluding carboxylic acids is 1. The molecule has 0 saturated heterocycles. The van der Waals surface area contributed by atoms with E-state index >= 15 is 0 Å². The first-order valence-electron chi connectivity index (χ1n) is 7.31. The Morgan fingerprint density at radius 3 is 3.00 bits per heavy atom. The van der Waals surface area contributed by atoms with Gasteiger partial charge < -0.3 is 14.8 Å². The number of esters is 1. The third-order valence-electron chi connectivity index (χ3n) is 3.69. The number of carbonyl (C=O) groups is 1. The minimum Gasteiger partial charge on any atom is -0.489 e. The molecule has 2 aromatic carbocycles. The molecule has 0 spiro atoms. The van der Waals surface area contributed by atoms with Crippen LogP contribution in [-0.4, -0.2) is 19.7 Å². The Morgan fingerprint density at radius 1 is 1.42 bits per heavy atom. The van der Waals surface area contributed by atoms with Crippen molar-refractivity contribution in [3.63, 3.8) is 0 Å². The second kappa shape index (κ2) is 7.05. The predicted octanol–water partition coefficient (Wildman–Crippen LogP) is 4.32. The van der Waals surface area contributed by atoms with Gasteiger partial charge in [0.15, 0.2) is 0 Å². The second-order valence-corrected chi connectivity index (χ2v) is 6.20. The van der Waals surface area contributed by atoms with Gasteiger partial charge in [0.2, 0.25) is 0 Å². The van der Waals surface area contributed by atoms with Crippen LogP contribution in [0.1, 0.15) is 17.2 Å². The van der Waals surface area contributed by atoms with E-state index in [4.69, 9.17) is 4.74 Å². The first-order chi connectivity index (χ1) is 11.6. The van der Waals surface area contributed by atoms with E-state index in [-0.39, 0.29) is 11.6 Å². The summed E-state index contributed by atoms with van der Waals surface area (Å²) in [5.74, 6) is -0.437. The highest BCUT2D eigenvalue weighted by Gasteiger charge is 2.22. The lowest BCUT2D eigenvalue weighted by Crippen LogP contribution is -2.24. The van der Waals surface area contributed by atoms with Crippen molar-refractivity contribution in [2.24, 2.45) is 0 Å². The number of halogens is 2. The highest BCUT2D eigenvalue weighted by atomic mass is 79.9. The molecular formula is C18H15BrFNO3. The summed E-state index contributed by atoms with van der Waals surface area (Å²) in [6.45, 7) is 0.426. The molecule has 24 heavy (non-hydrogen) atoms. The summed E-state index contributed by atoms with van der Waals surface area (Å²) < 4.78 is 25.5. The number of fused-ring (bicyclic) bond motifs is 1. The molecule has 1 heterocycles. The minimum atomic E-state index is -0.541. The lowest BCUT2D eigenvalue weighted by molar-refractivity contribution is -0.134. The van der Waals surface area contributed by atoms with E-state index < -0.39 is 11.8 Å². The van der Waals surface area contributed by atoms with E-state index in [9.17, 15) is 9.18 Å². The van der Waals surface area contributed by atoms with E-state index in [1.54, 1.807) is 6.07 Å². The van der Waals surface area contributed by atoms with Gasteiger partial charge in [0, 0.05) is 22.2 Å². The lowest BCUT2D eigenvalue weighted by atomic mass is 10.0. The van der Waals surface area contributed by atoms with Crippen LogP contribution >= 0.6 is 15.9 Å². The highest BCUT2D eigenvalue weighted by molar-refractivity contribution is 9.10. The quantitative estimate of drug-likeness (QED) is 0.625. The molecule has 1 aliphatic rings. The Balaban J connectivity index is 1.84. The minimum absolute atomic E-state index is 0.0640. The van der Waals surface area contributed by atoms with E-state index in [1.165, 1.54) is 25.3 Å². The van der Waals surface area contributed by atoms with Crippen LogP contribution in [0.4, 0.5) is 10.1 Å². The molecule has 0 aliphatic carbocycles. The van der Waals surface area contributed by atoms with Gasteiger partial charge in [-0.3, -0.25) is 0 Å². The highest BCUT2D eigenvalue weighted by Crippen LogP contribution is 2.36. The monoisotopic (exact) mass is 391 g/mol. The largest absolute Gasteiger partial charge is 0.489 e. The van der Waals surface area contributed by atoms with Crippen LogP contribution in [0.2, 0.25) is 0 Å². The van der Waals surface area contributed by atoms with Gasteiger partial charge >= 0.3 is 5.97 Å². The molecule has 1 aliphatic heterocycles. The van der Waals surface area contributed by atoms with Crippen molar-refractivity contribution in [3.8, 4) is 5.75 Å². The molecule has 0 amide bonds. The number of nitrogens with one attached hydrogen (secondary N) is 1. The van der Waals surface area contributed by atoms with E-state index in [2.05, 4.69) is 26.0 Å². The molecule has 0 saturated carbocycles. The number of methoxy groups -OCH3 is 1. The second-order valence-electron chi connectivity index (χ2n) is 5.29. The van der Waals surface area contributed by atoms with E-state index in [0.29, 0.717) is 18.0 Å². The van der Waals surface area contributed by atoms with Crippen molar-refractivity contribution in [3.05, 3.63) is 63.9 Å².